The van der Waals surface area contributed by atoms with Crippen molar-refractivity contribution in [1.82, 2.24) is 25.2 Å². The fourth-order valence-corrected chi connectivity index (χ4v) is 9.52. The summed E-state index contributed by atoms with van der Waals surface area (Å²) in [7, 11) is -3.90. The molecule has 4 fully saturated rings. The van der Waals surface area contributed by atoms with Gasteiger partial charge in [-0.3, -0.25) is 19.1 Å². The van der Waals surface area contributed by atoms with Gasteiger partial charge in [0.25, 0.3) is 5.91 Å². The van der Waals surface area contributed by atoms with Crippen LogP contribution < -0.4 is 15.4 Å². The molecule has 1 aromatic rings. The van der Waals surface area contributed by atoms with E-state index in [0.29, 0.717) is 58.0 Å². The van der Waals surface area contributed by atoms with E-state index in [-0.39, 0.29) is 31.9 Å². The first-order valence-electron chi connectivity index (χ1n) is 18.5. The van der Waals surface area contributed by atoms with Gasteiger partial charge in [0.05, 0.1) is 18.4 Å². The minimum Gasteiger partial charge on any atom is -0.450 e. The first-order valence-corrected chi connectivity index (χ1v) is 20.0. The Hall–Kier alpha value is -4.40. The second kappa shape index (κ2) is 14.6. The third-order valence-corrected chi connectivity index (χ3v) is 13.2. The molecule has 3 N–H and O–H groups in total. The predicted molar refractivity (Wildman–Crippen MR) is 189 cm³/mol. The summed E-state index contributed by atoms with van der Waals surface area (Å²) < 4.78 is 39.0. The Morgan fingerprint density at radius 2 is 1.87 bits per heavy atom. The van der Waals surface area contributed by atoms with Crippen molar-refractivity contribution in [2.75, 3.05) is 19.7 Å². The third kappa shape index (κ3) is 7.42. The van der Waals surface area contributed by atoms with E-state index in [0.717, 1.165) is 29.5 Å². The number of sulfonamides is 1. The molecule has 0 unspecified atom stereocenters. The van der Waals surface area contributed by atoms with Gasteiger partial charge in [0.1, 0.15) is 23.7 Å². The van der Waals surface area contributed by atoms with E-state index in [2.05, 4.69) is 28.0 Å². The SMILES string of the molecule is C=C[C@@H]1C[C@]1(NC(=O)[C@@H]1C[C@@H]2CN1C(=O)[C@H](C1CCCC1)NC(=O)OCCCC=Cc1cccc3c1CCN(C3)C(=O)O2)C(=O)NS(=O)(=O)C1CC1. The lowest BCUT2D eigenvalue weighted by atomic mass is 9.94. The normalized spacial score (nSPS) is 29.9. The van der Waals surface area contributed by atoms with Crippen LogP contribution in [0.15, 0.2) is 36.9 Å². The van der Waals surface area contributed by atoms with Gasteiger partial charge in [-0.1, -0.05) is 49.3 Å². The van der Waals surface area contributed by atoms with Crippen molar-refractivity contribution in [3.8, 4) is 0 Å². The molecule has 52 heavy (non-hydrogen) atoms. The molecule has 8 rings (SSSR count). The number of fused-ring (bicyclic) bond motifs is 10. The van der Waals surface area contributed by atoms with Crippen LogP contribution in [0.25, 0.3) is 6.08 Å². The highest BCUT2D eigenvalue weighted by atomic mass is 32.2. The molecule has 0 aromatic heterocycles. The largest absolute Gasteiger partial charge is 0.450 e. The number of alkyl carbamates (subject to hydrolysis) is 1. The number of benzene rings is 1. The summed E-state index contributed by atoms with van der Waals surface area (Å²) in [6.07, 6.45) is 9.46. The van der Waals surface area contributed by atoms with Gasteiger partial charge in [0.15, 0.2) is 0 Å². The van der Waals surface area contributed by atoms with Crippen molar-refractivity contribution in [2.24, 2.45) is 11.8 Å². The molecule has 280 valence electrons. The summed E-state index contributed by atoms with van der Waals surface area (Å²) in [5.74, 6) is -2.77. The number of nitrogens with one attached hydrogen (secondary N) is 3. The van der Waals surface area contributed by atoms with Crippen LogP contribution in [0.2, 0.25) is 0 Å². The van der Waals surface area contributed by atoms with Gasteiger partial charge in [-0.05, 0) is 74.0 Å². The molecule has 1 saturated heterocycles. The number of ether oxygens (including phenoxy) is 2. The lowest BCUT2D eigenvalue weighted by Gasteiger charge is -2.32. The fourth-order valence-electron chi connectivity index (χ4n) is 8.16. The second-order valence-corrected chi connectivity index (χ2v) is 16.9. The quantitative estimate of drug-likeness (QED) is 0.355. The lowest BCUT2D eigenvalue weighted by molar-refractivity contribution is -0.142. The predicted octanol–water partition coefficient (Wildman–Crippen LogP) is 2.91. The molecule has 7 aliphatic rings. The molecular formula is C37H47N5O9S. The Balaban J connectivity index is 1.16. The molecule has 1 aromatic carbocycles. The van der Waals surface area contributed by atoms with Crippen LogP contribution in [0.5, 0.6) is 0 Å². The van der Waals surface area contributed by atoms with Gasteiger partial charge in [-0.2, -0.15) is 0 Å². The summed E-state index contributed by atoms with van der Waals surface area (Å²) in [5, 5.41) is 4.91. The zero-order valence-corrected chi connectivity index (χ0v) is 30.0. The van der Waals surface area contributed by atoms with Crippen LogP contribution in [0.4, 0.5) is 9.59 Å². The van der Waals surface area contributed by atoms with Crippen molar-refractivity contribution in [2.45, 2.75) is 106 Å². The van der Waals surface area contributed by atoms with Crippen molar-refractivity contribution in [3.63, 3.8) is 0 Å². The summed E-state index contributed by atoms with van der Waals surface area (Å²) in [6.45, 7) is 4.59. The monoisotopic (exact) mass is 737 g/mol. The Kier molecular flexibility index (Phi) is 10.1. The van der Waals surface area contributed by atoms with E-state index in [9.17, 15) is 32.4 Å². The lowest BCUT2D eigenvalue weighted by Crippen LogP contribution is -2.59. The van der Waals surface area contributed by atoms with E-state index >= 15 is 0 Å². The fraction of sp³-hybridized carbons (Fsp3) is 0.595. The highest BCUT2D eigenvalue weighted by Crippen LogP contribution is 2.45. The smallest absolute Gasteiger partial charge is 0.410 e. The van der Waals surface area contributed by atoms with Crippen LogP contribution in [-0.2, 0) is 46.8 Å². The number of allylic oxidation sites excluding steroid dienone is 1. The summed E-state index contributed by atoms with van der Waals surface area (Å²) in [5.41, 5.74) is 1.67. The minimum atomic E-state index is -3.90. The highest BCUT2D eigenvalue weighted by Gasteiger charge is 2.62. The Labute approximate surface area is 303 Å². The zero-order chi connectivity index (χ0) is 36.6. The molecule has 5 amide bonds. The molecule has 3 aliphatic carbocycles. The van der Waals surface area contributed by atoms with Crippen LogP contribution in [-0.4, -0.2) is 96.8 Å². The van der Waals surface area contributed by atoms with Crippen LogP contribution in [0.1, 0.15) is 80.9 Å². The number of hydrogen-bond donors (Lipinski definition) is 3. The molecule has 4 heterocycles. The first-order chi connectivity index (χ1) is 25.0. The molecule has 6 bridgehead atoms. The van der Waals surface area contributed by atoms with E-state index in [1.807, 2.05) is 24.3 Å². The Bertz CT molecular complexity index is 1770. The maximum Gasteiger partial charge on any atom is 0.410 e. The van der Waals surface area contributed by atoms with E-state index < -0.39 is 74.8 Å². The zero-order valence-electron chi connectivity index (χ0n) is 29.2. The molecule has 14 nitrogen and oxygen atoms in total. The maximum absolute atomic E-state index is 14.5. The standard InChI is InChI=1S/C37H47N5O9S/c1-2-26-20-37(26,34(45)40-52(48,49)28-14-15-28)39-32(43)30-19-27-22-42(30)33(44)31(24-10-5-6-11-24)38-35(46)50-18-7-3-4-9-23-12-8-13-25-21-41(36(47)51-27)17-16-29(23)25/h2,4,8-9,12-13,24,26-28,30-31H,1,3,5-7,10-11,14-22H2,(H,38,46)(H,39,43)(H,40,45)/t26-,27-,30+,31+,37-/m1/s1. The van der Waals surface area contributed by atoms with Crippen molar-refractivity contribution >= 4 is 46.0 Å². The van der Waals surface area contributed by atoms with Gasteiger partial charge in [-0.15, -0.1) is 6.58 Å². The number of carbonyl (C=O) groups excluding carboxylic acids is 5. The number of rotatable bonds is 7. The van der Waals surface area contributed by atoms with E-state index in [1.165, 1.54) is 11.0 Å². The average molecular weight is 738 g/mol. The van der Waals surface area contributed by atoms with Gasteiger partial charge in [-0.25, -0.2) is 18.0 Å². The summed E-state index contributed by atoms with van der Waals surface area (Å²) >= 11 is 0. The van der Waals surface area contributed by atoms with Gasteiger partial charge < -0.3 is 29.9 Å². The molecule has 3 saturated carbocycles. The van der Waals surface area contributed by atoms with Gasteiger partial charge >= 0.3 is 12.2 Å². The number of hydrogen-bond acceptors (Lipinski definition) is 9. The van der Waals surface area contributed by atoms with Crippen molar-refractivity contribution in [3.05, 3.63) is 53.6 Å². The van der Waals surface area contributed by atoms with E-state index in [4.69, 9.17) is 9.47 Å². The minimum absolute atomic E-state index is 0.0542. The molecule has 0 spiro atoms. The van der Waals surface area contributed by atoms with Crippen LogP contribution in [0, 0.1) is 11.8 Å². The molecular weight excluding hydrogens is 691 g/mol. The summed E-state index contributed by atoms with van der Waals surface area (Å²) in [4.78, 5) is 71.7. The highest BCUT2D eigenvalue weighted by molar-refractivity contribution is 7.91. The topological polar surface area (TPSA) is 181 Å². The molecule has 15 heteroatoms. The number of carbonyl (C=O) groups is 5. The number of amides is 5. The summed E-state index contributed by atoms with van der Waals surface area (Å²) in [6, 6.07) is 3.81. The van der Waals surface area contributed by atoms with Crippen molar-refractivity contribution < 1.29 is 41.9 Å². The van der Waals surface area contributed by atoms with Crippen LogP contribution >= 0.6 is 0 Å². The molecule has 4 aliphatic heterocycles. The second-order valence-electron chi connectivity index (χ2n) is 14.9. The maximum atomic E-state index is 14.5. The molecule has 5 atom stereocenters. The van der Waals surface area contributed by atoms with Crippen LogP contribution in [0.3, 0.4) is 0 Å². The Morgan fingerprint density at radius 3 is 2.60 bits per heavy atom. The third-order valence-electron chi connectivity index (χ3n) is 11.4. The molecule has 0 radical (unpaired) electrons. The van der Waals surface area contributed by atoms with E-state index in [1.54, 1.807) is 4.90 Å². The number of nitrogens with zero attached hydrogens (tertiary/aromatic N) is 2. The first kappa shape index (κ1) is 36.0. The van der Waals surface area contributed by atoms with Crippen molar-refractivity contribution in [1.29, 1.82) is 0 Å². The average Bonchev–Trinajstić information content (AvgIpc) is 4.00. The van der Waals surface area contributed by atoms with Gasteiger partial charge in [0, 0.05) is 25.4 Å². The Morgan fingerprint density at radius 1 is 1.08 bits per heavy atom. The van der Waals surface area contributed by atoms with Gasteiger partial charge in [0.2, 0.25) is 21.8 Å².